The summed E-state index contributed by atoms with van der Waals surface area (Å²) < 4.78 is 11.7. The van der Waals surface area contributed by atoms with Crippen molar-refractivity contribution in [2.24, 2.45) is 24.8 Å². The second-order valence-corrected chi connectivity index (χ2v) is 10.5. The number of H-pyrrole nitrogens is 1. The Bertz CT molecular complexity index is 1390. The number of ether oxygens (including phenoxy) is 1. The molecule has 0 saturated heterocycles. The molecule has 3 aromatic rings. The van der Waals surface area contributed by atoms with Crippen molar-refractivity contribution in [3.05, 3.63) is 58.2 Å². The Morgan fingerprint density at radius 1 is 1.26 bits per heavy atom. The molecule has 2 aliphatic carbocycles. The number of nitrogens with zero attached hydrogens (tertiary/aromatic N) is 1. The molecule has 1 fully saturated rings. The molecule has 2 bridgehead atoms. The van der Waals surface area contributed by atoms with E-state index in [4.69, 9.17) is 4.74 Å². The first-order valence-electron chi connectivity index (χ1n) is 12.0. The Morgan fingerprint density at radius 3 is 2.80 bits per heavy atom. The molecule has 8 heteroatoms. The summed E-state index contributed by atoms with van der Waals surface area (Å²) in [4.78, 5) is 27.6. The van der Waals surface area contributed by atoms with Gasteiger partial charge in [-0.05, 0) is 62.3 Å². The van der Waals surface area contributed by atoms with Gasteiger partial charge in [0, 0.05) is 59.4 Å². The van der Waals surface area contributed by atoms with Crippen LogP contribution in [-0.2, 0) is 11.8 Å². The number of hydrogen-bond donors (Lipinski definition) is 3. The van der Waals surface area contributed by atoms with Crippen LogP contribution in [0.5, 0.6) is 5.75 Å². The first kappa shape index (κ1) is 23.6. The molecule has 2 heterocycles. The number of benzene rings is 1. The van der Waals surface area contributed by atoms with Crippen LogP contribution >= 0.6 is 11.9 Å². The zero-order valence-electron chi connectivity index (χ0n) is 20.4. The lowest BCUT2D eigenvalue weighted by atomic mass is 9.64. The van der Waals surface area contributed by atoms with Crippen molar-refractivity contribution < 1.29 is 14.6 Å². The van der Waals surface area contributed by atoms with Crippen molar-refractivity contribution in [3.8, 4) is 16.9 Å². The molecule has 4 atom stereocenters. The third kappa shape index (κ3) is 4.14. The number of carboxylic acids is 1. The second-order valence-electron chi connectivity index (χ2n) is 9.92. The van der Waals surface area contributed by atoms with Crippen LogP contribution in [0, 0.1) is 17.8 Å². The normalized spacial score (nSPS) is 24.0. The number of pyridine rings is 1. The molecule has 184 valence electrons. The maximum Gasteiger partial charge on any atom is 0.331 e. The summed E-state index contributed by atoms with van der Waals surface area (Å²) in [5.74, 6) is 0.698. The SMILES string of the molecule is CSNc1ccc(OC2C(C)CC3CC(C(=O)O)=C(C)C2C3)c(-c2cn(C)c(=O)c3[nH]ccc23)c1. The number of carboxylic acid groups (broad SMARTS) is 1. The summed E-state index contributed by atoms with van der Waals surface area (Å²) in [5.41, 5.74) is 4.73. The van der Waals surface area contributed by atoms with E-state index in [0.717, 1.165) is 46.4 Å². The fourth-order valence-corrected chi connectivity index (χ4v) is 6.38. The maximum atomic E-state index is 12.7. The van der Waals surface area contributed by atoms with Crippen LogP contribution in [0.15, 0.2) is 52.6 Å². The summed E-state index contributed by atoms with van der Waals surface area (Å²) >= 11 is 1.51. The minimum absolute atomic E-state index is 0.0767. The molecule has 3 N–H and O–H groups in total. The molecule has 1 aromatic carbocycles. The van der Waals surface area contributed by atoms with Crippen LogP contribution in [0.2, 0.25) is 0 Å². The molecule has 5 rings (SSSR count). The Balaban J connectivity index is 1.62. The van der Waals surface area contributed by atoms with E-state index in [1.165, 1.54) is 11.9 Å². The molecule has 2 aromatic heterocycles. The molecule has 0 radical (unpaired) electrons. The number of nitrogens with one attached hydrogen (secondary N) is 2. The van der Waals surface area contributed by atoms with E-state index < -0.39 is 5.97 Å². The number of aromatic amines is 1. The minimum atomic E-state index is -0.807. The first-order valence-corrected chi connectivity index (χ1v) is 13.2. The van der Waals surface area contributed by atoms with Crippen LogP contribution in [0.3, 0.4) is 0 Å². The van der Waals surface area contributed by atoms with E-state index in [-0.39, 0.29) is 17.6 Å². The van der Waals surface area contributed by atoms with Gasteiger partial charge in [0.2, 0.25) is 0 Å². The van der Waals surface area contributed by atoms with E-state index >= 15 is 0 Å². The quantitative estimate of drug-likeness (QED) is 0.396. The van der Waals surface area contributed by atoms with Crippen LogP contribution in [0.4, 0.5) is 5.69 Å². The van der Waals surface area contributed by atoms with Gasteiger partial charge in [-0.3, -0.25) is 4.79 Å². The number of anilines is 1. The van der Waals surface area contributed by atoms with Gasteiger partial charge in [-0.1, -0.05) is 24.4 Å². The molecule has 1 saturated carbocycles. The van der Waals surface area contributed by atoms with E-state index in [2.05, 4.69) is 22.7 Å². The zero-order chi connectivity index (χ0) is 24.9. The van der Waals surface area contributed by atoms with Crippen molar-refractivity contribution >= 4 is 34.5 Å². The second kappa shape index (κ2) is 9.15. The molecule has 2 aliphatic rings. The Hall–Kier alpha value is -3.13. The third-order valence-electron chi connectivity index (χ3n) is 7.68. The van der Waals surface area contributed by atoms with Gasteiger partial charge in [-0.25, -0.2) is 4.79 Å². The molecular weight excluding hydrogens is 462 g/mol. The topological polar surface area (TPSA) is 96.3 Å². The average Bonchev–Trinajstić information content (AvgIpc) is 3.32. The van der Waals surface area contributed by atoms with Gasteiger partial charge in [0.1, 0.15) is 17.4 Å². The highest BCUT2D eigenvalue weighted by Gasteiger charge is 2.43. The average molecular weight is 494 g/mol. The van der Waals surface area contributed by atoms with E-state index in [0.29, 0.717) is 29.3 Å². The fraction of sp³-hybridized carbons (Fsp3) is 0.407. The highest BCUT2D eigenvalue weighted by molar-refractivity contribution is 7.99. The van der Waals surface area contributed by atoms with Crippen LogP contribution < -0.4 is 15.0 Å². The number of fused-ring (bicyclic) bond motifs is 3. The molecule has 0 amide bonds. The smallest absolute Gasteiger partial charge is 0.331 e. The van der Waals surface area contributed by atoms with Crippen molar-refractivity contribution in [3.63, 3.8) is 0 Å². The minimum Gasteiger partial charge on any atom is -0.489 e. The first-order chi connectivity index (χ1) is 16.8. The van der Waals surface area contributed by atoms with Crippen molar-refractivity contribution in [1.82, 2.24) is 9.55 Å². The van der Waals surface area contributed by atoms with Crippen molar-refractivity contribution in [2.45, 2.75) is 39.2 Å². The highest BCUT2D eigenvalue weighted by atomic mass is 32.2. The number of carbonyl (C=O) groups is 1. The fourth-order valence-electron chi connectivity index (χ4n) is 6.02. The lowest BCUT2D eigenvalue weighted by Gasteiger charge is -2.44. The van der Waals surface area contributed by atoms with Gasteiger partial charge in [0.05, 0.1) is 0 Å². The lowest BCUT2D eigenvalue weighted by Crippen LogP contribution is -2.43. The predicted molar refractivity (Wildman–Crippen MR) is 141 cm³/mol. The Labute approximate surface area is 208 Å². The zero-order valence-corrected chi connectivity index (χ0v) is 21.2. The van der Waals surface area contributed by atoms with E-state index in [1.54, 1.807) is 17.8 Å². The number of hydrogen-bond acceptors (Lipinski definition) is 5. The summed E-state index contributed by atoms with van der Waals surface area (Å²) in [5, 5.41) is 10.6. The van der Waals surface area contributed by atoms with E-state index in [9.17, 15) is 14.7 Å². The van der Waals surface area contributed by atoms with Crippen LogP contribution in [0.25, 0.3) is 22.0 Å². The molecule has 0 spiro atoms. The largest absolute Gasteiger partial charge is 0.489 e. The summed E-state index contributed by atoms with van der Waals surface area (Å²) in [6.45, 7) is 4.17. The molecule has 35 heavy (non-hydrogen) atoms. The predicted octanol–water partition coefficient (Wildman–Crippen LogP) is 5.44. The van der Waals surface area contributed by atoms with Crippen LogP contribution in [0.1, 0.15) is 33.1 Å². The van der Waals surface area contributed by atoms with Gasteiger partial charge in [-0.15, -0.1) is 0 Å². The van der Waals surface area contributed by atoms with Gasteiger partial charge >= 0.3 is 5.97 Å². The summed E-state index contributed by atoms with van der Waals surface area (Å²) in [6.07, 6.45) is 8.06. The molecule has 0 aliphatic heterocycles. The van der Waals surface area contributed by atoms with Crippen molar-refractivity contribution in [1.29, 1.82) is 0 Å². The molecular formula is C27H31N3O4S. The molecule has 7 nitrogen and oxygen atoms in total. The number of aromatic nitrogens is 2. The lowest BCUT2D eigenvalue weighted by molar-refractivity contribution is -0.133. The van der Waals surface area contributed by atoms with Gasteiger partial charge in [0.15, 0.2) is 0 Å². The Morgan fingerprint density at radius 2 is 2.06 bits per heavy atom. The molecule has 4 unspecified atom stereocenters. The maximum absolute atomic E-state index is 12.7. The standard InChI is InChI=1S/C27H31N3O4S/c1-14-9-16-10-19(15(2)20(11-16)27(32)33)25(14)34-23-6-5-17(29-35-4)12-21(23)22-13-30(3)26(31)24-18(22)7-8-28-24/h5-8,12-14,16,19,25,28-29H,9-11H2,1-4H3,(H,32,33). The number of aliphatic carboxylic acids is 1. The van der Waals surface area contributed by atoms with Gasteiger partial charge in [-0.2, -0.15) is 0 Å². The van der Waals surface area contributed by atoms with Crippen molar-refractivity contribution in [2.75, 3.05) is 11.0 Å². The van der Waals surface area contributed by atoms with Gasteiger partial charge < -0.3 is 24.1 Å². The third-order valence-corrected chi connectivity index (χ3v) is 8.12. The van der Waals surface area contributed by atoms with Crippen LogP contribution in [-0.4, -0.2) is 33.0 Å². The van der Waals surface area contributed by atoms with E-state index in [1.807, 2.05) is 37.6 Å². The summed E-state index contributed by atoms with van der Waals surface area (Å²) in [6, 6.07) is 7.95. The van der Waals surface area contributed by atoms with Gasteiger partial charge in [0.25, 0.3) is 5.56 Å². The monoisotopic (exact) mass is 493 g/mol. The summed E-state index contributed by atoms with van der Waals surface area (Å²) in [7, 11) is 1.75. The highest BCUT2D eigenvalue weighted by Crippen LogP contribution is 2.48. The number of aryl methyl sites for hydroxylation is 1. The number of rotatable bonds is 6. The Kier molecular flexibility index (Phi) is 6.17.